The molecule has 1 unspecified atom stereocenters. The lowest BCUT2D eigenvalue weighted by Crippen LogP contribution is -2.33. The minimum Gasteiger partial charge on any atom is -0.356 e. The van der Waals surface area contributed by atoms with Crippen LogP contribution in [0.2, 0.25) is 0 Å². The SMILES string of the molecule is CC(=O)NC(CC(=O)NCCCCCN)c1ccccc1. The van der Waals surface area contributed by atoms with Crippen molar-refractivity contribution in [2.75, 3.05) is 13.1 Å². The average Bonchev–Trinajstić information content (AvgIpc) is 2.47. The lowest BCUT2D eigenvalue weighted by Gasteiger charge is -2.18. The molecule has 0 aliphatic heterocycles. The van der Waals surface area contributed by atoms with Gasteiger partial charge in [0, 0.05) is 13.5 Å². The molecule has 5 heteroatoms. The summed E-state index contributed by atoms with van der Waals surface area (Å²) in [6.45, 7) is 2.80. The summed E-state index contributed by atoms with van der Waals surface area (Å²) in [5.74, 6) is -0.190. The van der Waals surface area contributed by atoms with Gasteiger partial charge < -0.3 is 16.4 Å². The van der Waals surface area contributed by atoms with Crippen molar-refractivity contribution < 1.29 is 9.59 Å². The number of hydrogen-bond acceptors (Lipinski definition) is 3. The first-order valence-electron chi connectivity index (χ1n) is 7.42. The van der Waals surface area contributed by atoms with Crippen LogP contribution in [0.5, 0.6) is 0 Å². The normalized spacial score (nSPS) is 11.7. The Hall–Kier alpha value is -1.88. The van der Waals surface area contributed by atoms with Gasteiger partial charge in [-0.05, 0) is 24.9 Å². The second-order valence-electron chi connectivity index (χ2n) is 5.07. The summed E-state index contributed by atoms with van der Waals surface area (Å²) in [5, 5.41) is 5.71. The third-order valence-electron chi connectivity index (χ3n) is 3.17. The molecule has 0 heterocycles. The van der Waals surface area contributed by atoms with Crippen LogP contribution in [-0.4, -0.2) is 24.9 Å². The molecule has 2 amide bonds. The van der Waals surface area contributed by atoms with Crippen LogP contribution in [0.15, 0.2) is 30.3 Å². The second-order valence-corrected chi connectivity index (χ2v) is 5.07. The molecular weight excluding hydrogens is 266 g/mol. The monoisotopic (exact) mass is 291 g/mol. The van der Waals surface area contributed by atoms with Gasteiger partial charge in [-0.3, -0.25) is 9.59 Å². The third kappa shape index (κ3) is 7.46. The summed E-state index contributed by atoms with van der Waals surface area (Å²) in [7, 11) is 0. The Morgan fingerprint density at radius 3 is 2.48 bits per heavy atom. The predicted octanol–water partition coefficient (Wildman–Crippen LogP) is 1.50. The molecule has 0 spiro atoms. The van der Waals surface area contributed by atoms with Crippen molar-refractivity contribution in [3.05, 3.63) is 35.9 Å². The quantitative estimate of drug-likeness (QED) is 0.603. The zero-order chi connectivity index (χ0) is 15.5. The smallest absolute Gasteiger partial charge is 0.222 e. The Labute approximate surface area is 126 Å². The lowest BCUT2D eigenvalue weighted by molar-refractivity contribution is -0.122. The molecule has 0 aliphatic rings. The van der Waals surface area contributed by atoms with Crippen molar-refractivity contribution in [3.8, 4) is 0 Å². The molecule has 1 rings (SSSR count). The van der Waals surface area contributed by atoms with Gasteiger partial charge in [-0.1, -0.05) is 36.8 Å². The van der Waals surface area contributed by atoms with Crippen LogP contribution in [0.4, 0.5) is 0 Å². The van der Waals surface area contributed by atoms with Gasteiger partial charge in [0.2, 0.25) is 11.8 Å². The molecule has 0 saturated carbocycles. The number of carbonyl (C=O) groups excluding carboxylic acids is 2. The van der Waals surface area contributed by atoms with Crippen molar-refractivity contribution in [2.24, 2.45) is 5.73 Å². The Balaban J connectivity index is 2.45. The summed E-state index contributed by atoms with van der Waals surface area (Å²) >= 11 is 0. The van der Waals surface area contributed by atoms with E-state index in [2.05, 4.69) is 10.6 Å². The first-order valence-corrected chi connectivity index (χ1v) is 7.42. The fourth-order valence-electron chi connectivity index (χ4n) is 2.11. The fourth-order valence-corrected chi connectivity index (χ4v) is 2.11. The third-order valence-corrected chi connectivity index (χ3v) is 3.17. The highest BCUT2D eigenvalue weighted by Gasteiger charge is 2.16. The van der Waals surface area contributed by atoms with Crippen LogP contribution >= 0.6 is 0 Å². The van der Waals surface area contributed by atoms with E-state index >= 15 is 0 Å². The van der Waals surface area contributed by atoms with E-state index in [9.17, 15) is 9.59 Å². The maximum absolute atomic E-state index is 12.0. The van der Waals surface area contributed by atoms with Gasteiger partial charge in [0.1, 0.15) is 0 Å². The zero-order valence-electron chi connectivity index (χ0n) is 12.6. The minimum atomic E-state index is -0.284. The van der Waals surface area contributed by atoms with Gasteiger partial charge in [0.25, 0.3) is 0 Å². The number of nitrogens with one attached hydrogen (secondary N) is 2. The highest BCUT2D eigenvalue weighted by Crippen LogP contribution is 2.16. The predicted molar refractivity (Wildman–Crippen MR) is 83.5 cm³/mol. The Morgan fingerprint density at radius 2 is 1.86 bits per heavy atom. The summed E-state index contributed by atoms with van der Waals surface area (Å²) in [6, 6.07) is 9.24. The standard InChI is InChI=1S/C16H25N3O2/c1-13(20)19-15(14-8-4-2-5-9-14)12-16(21)18-11-7-3-6-10-17/h2,4-5,8-9,15H,3,6-7,10-12,17H2,1H3,(H,18,21)(H,19,20). The van der Waals surface area contributed by atoms with Crippen LogP contribution in [0.3, 0.4) is 0 Å². The lowest BCUT2D eigenvalue weighted by atomic mass is 10.0. The number of nitrogens with two attached hydrogens (primary N) is 1. The van der Waals surface area contributed by atoms with E-state index in [0.29, 0.717) is 13.1 Å². The van der Waals surface area contributed by atoms with Crippen LogP contribution in [-0.2, 0) is 9.59 Å². The molecule has 1 aromatic rings. The number of carbonyl (C=O) groups is 2. The van der Waals surface area contributed by atoms with Gasteiger partial charge in [-0.2, -0.15) is 0 Å². The van der Waals surface area contributed by atoms with Crippen LogP contribution < -0.4 is 16.4 Å². The summed E-state index contributed by atoms with van der Waals surface area (Å²) in [4.78, 5) is 23.2. The van der Waals surface area contributed by atoms with E-state index in [4.69, 9.17) is 5.73 Å². The number of benzene rings is 1. The number of amides is 2. The van der Waals surface area contributed by atoms with E-state index in [-0.39, 0.29) is 24.3 Å². The topological polar surface area (TPSA) is 84.2 Å². The molecule has 0 aromatic heterocycles. The first-order chi connectivity index (χ1) is 10.1. The highest BCUT2D eigenvalue weighted by atomic mass is 16.2. The van der Waals surface area contributed by atoms with E-state index in [1.54, 1.807) is 0 Å². The van der Waals surface area contributed by atoms with Crippen molar-refractivity contribution in [3.63, 3.8) is 0 Å². The molecule has 0 saturated heterocycles. The molecule has 0 aliphatic carbocycles. The second kappa shape index (κ2) is 9.94. The summed E-state index contributed by atoms with van der Waals surface area (Å²) < 4.78 is 0. The van der Waals surface area contributed by atoms with E-state index in [1.807, 2.05) is 30.3 Å². The molecule has 0 bridgehead atoms. The van der Waals surface area contributed by atoms with Gasteiger partial charge in [-0.25, -0.2) is 0 Å². The minimum absolute atomic E-state index is 0.0506. The summed E-state index contributed by atoms with van der Waals surface area (Å²) in [6.07, 6.45) is 3.18. The zero-order valence-corrected chi connectivity index (χ0v) is 12.6. The maximum atomic E-state index is 12.0. The highest BCUT2D eigenvalue weighted by molar-refractivity contribution is 5.79. The van der Waals surface area contributed by atoms with Gasteiger partial charge in [-0.15, -0.1) is 0 Å². The average molecular weight is 291 g/mol. The number of hydrogen-bond donors (Lipinski definition) is 3. The largest absolute Gasteiger partial charge is 0.356 e. The Bertz CT molecular complexity index is 434. The Morgan fingerprint density at radius 1 is 1.14 bits per heavy atom. The molecule has 4 N–H and O–H groups in total. The van der Waals surface area contributed by atoms with Crippen LogP contribution in [0, 0.1) is 0 Å². The fraction of sp³-hybridized carbons (Fsp3) is 0.500. The summed E-state index contributed by atoms with van der Waals surface area (Å²) in [5.41, 5.74) is 6.36. The van der Waals surface area contributed by atoms with Gasteiger partial charge in [0.05, 0.1) is 12.5 Å². The van der Waals surface area contributed by atoms with Gasteiger partial charge in [0.15, 0.2) is 0 Å². The van der Waals surface area contributed by atoms with Crippen molar-refractivity contribution in [1.82, 2.24) is 10.6 Å². The molecule has 0 fully saturated rings. The number of rotatable bonds is 9. The van der Waals surface area contributed by atoms with Crippen molar-refractivity contribution in [1.29, 1.82) is 0 Å². The molecular formula is C16H25N3O2. The molecule has 5 nitrogen and oxygen atoms in total. The van der Waals surface area contributed by atoms with Gasteiger partial charge >= 0.3 is 0 Å². The van der Waals surface area contributed by atoms with E-state index < -0.39 is 0 Å². The molecule has 21 heavy (non-hydrogen) atoms. The molecule has 116 valence electrons. The molecule has 1 atom stereocenters. The van der Waals surface area contributed by atoms with Crippen LogP contribution in [0.25, 0.3) is 0 Å². The molecule has 1 aromatic carbocycles. The van der Waals surface area contributed by atoms with Crippen LogP contribution in [0.1, 0.15) is 44.2 Å². The maximum Gasteiger partial charge on any atom is 0.222 e. The van der Waals surface area contributed by atoms with Crippen molar-refractivity contribution >= 4 is 11.8 Å². The number of unbranched alkanes of at least 4 members (excludes halogenated alkanes) is 2. The van der Waals surface area contributed by atoms with Crippen molar-refractivity contribution in [2.45, 2.75) is 38.6 Å². The first kappa shape index (κ1) is 17.2. The molecule has 0 radical (unpaired) electrons. The Kier molecular flexibility index (Phi) is 8.12. The van der Waals surface area contributed by atoms with E-state index in [0.717, 1.165) is 24.8 Å². The van der Waals surface area contributed by atoms with E-state index in [1.165, 1.54) is 6.92 Å².